The van der Waals surface area contributed by atoms with Gasteiger partial charge < -0.3 is 4.90 Å². The minimum Gasteiger partial charge on any atom is -0.302 e. The summed E-state index contributed by atoms with van der Waals surface area (Å²) >= 11 is 0. The molecular formula is C16H17F3N2. The standard InChI is InChI=1S/C16H17F3N2/c1-21(11-9-15-4-2-3-10-20-15)12-13-5-7-14(8-6-13)16(17,18)19/h2-8,10H,9,11-12H2,1H3. The van der Waals surface area contributed by atoms with Crippen LogP contribution in [0.3, 0.4) is 0 Å². The molecule has 0 unspecified atom stereocenters. The van der Waals surface area contributed by atoms with Gasteiger partial charge in [0.25, 0.3) is 0 Å². The van der Waals surface area contributed by atoms with E-state index in [1.54, 1.807) is 6.20 Å². The van der Waals surface area contributed by atoms with E-state index in [4.69, 9.17) is 0 Å². The van der Waals surface area contributed by atoms with Crippen LogP contribution in [-0.4, -0.2) is 23.5 Å². The van der Waals surface area contributed by atoms with Gasteiger partial charge in [0.1, 0.15) is 0 Å². The quantitative estimate of drug-likeness (QED) is 0.834. The second-order valence-electron chi connectivity index (χ2n) is 5.00. The van der Waals surface area contributed by atoms with Gasteiger partial charge in [-0.25, -0.2) is 0 Å². The predicted octanol–water partition coefficient (Wildman–Crippen LogP) is 3.77. The molecular weight excluding hydrogens is 277 g/mol. The maximum atomic E-state index is 12.5. The Kier molecular flexibility index (Phi) is 4.96. The summed E-state index contributed by atoms with van der Waals surface area (Å²) in [5.41, 5.74) is 1.27. The first-order valence-electron chi connectivity index (χ1n) is 6.70. The molecule has 0 atom stereocenters. The van der Waals surface area contributed by atoms with E-state index >= 15 is 0 Å². The normalized spacial score (nSPS) is 11.9. The molecule has 112 valence electrons. The number of alkyl halides is 3. The number of rotatable bonds is 5. The van der Waals surface area contributed by atoms with Gasteiger partial charge in [0.2, 0.25) is 0 Å². The highest BCUT2D eigenvalue weighted by molar-refractivity contribution is 5.24. The first-order chi connectivity index (χ1) is 9.95. The fourth-order valence-corrected chi connectivity index (χ4v) is 2.04. The number of halogens is 3. The number of pyridine rings is 1. The van der Waals surface area contributed by atoms with Gasteiger partial charge in [0, 0.05) is 31.4 Å². The third-order valence-electron chi connectivity index (χ3n) is 3.21. The average molecular weight is 294 g/mol. The summed E-state index contributed by atoms with van der Waals surface area (Å²) in [5.74, 6) is 0. The highest BCUT2D eigenvalue weighted by Gasteiger charge is 2.29. The molecule has 0 aliphatic carbocycles. The molecule has 0 spiro atoms. The van der Waals surface area contributed by atoms with Gasteiger partial charge in [0.15, 0.2) is 0 Å². The first kappa shape index (κ1) is 15.5. The Morgan fingerprint density at radius 1 is 1.05 bits per heavy atom. The lowest BCUT2D eigenvalue weighted by molar-refractivity contribution is -0.137. The van der Waals surface area contributed by atoms with Crippen molar-refractivity contribution in [2.75, 3.05) is 13.6 Å². The van der Waals surface area contributed by atoms with Gasteiger partial charge in [-0.3, -0.25) is 4.98 Å². The van der Waals surface area contributed by atoms with Gasteiger partial charge in [-0.15, -0.1) is 0 Å². The predicted molar refractivity (Wildman–Crippen MR) is 75.7 cm³/mol. The zero-order valence-electron chi connectivity index (χ0n) is 11.8. The van der Waals surface area contributed by atoms with Crippen molar-refractivity contribution >= 4 is 0 Å². The molecule has 5 heteroatoms. The highest BCUT2D eigenvalue weighted by Crippen LogP contribution is 2.29. The second-order valence-corrected chi connectivity index (χ2v) is 5.00. The Labute approximate surface area is 122 Å². The molecule has 0 N–H and O–H groups in total. The van der Waals surface area contributed by atoms with E-state index in [1.807, 2.05) is 25.2 Å². The SMILES string of the molecule is CN(CCc1ccccn1)Cc1ccc(C(F)(F)F)cc1. The van der Waals surface area contributed by atoms with Crippen LogP contribution in [0, 0.1) is 0 Å². The highest BCUT2D eigenvalue weighted by atomic mass is 19.4. The minimum absolute atomic E-state index is 0.609. The molecule has 1 aromatic carbocycles. The smallest absolute Gasteiger partial charge is 0.302 e. The summed E-state index contributed by atoms with van der Waals surface area (Å²) < 4.78 is 37.4. The topological polar surface area (TPSA) is 16.1 Å². The van der Waals surface area contributed by atoms with E-state index in [9.17, 15) is 13.2 Å². The van der Waals surface area contributed by atoms with E-state index < -0.39 is 11.7 Å². The van der Waals surface area contributed by atoms with Gasteiger partial charge in [-0.1, -0.05) is 18.2 Å². The molecule has 21 heavy (non-hydrogen) atoms. The van der Waals surface area contributed by atoms with E-state index in [0.29, 0.717) is 6.54 Å². The van der Waals surface area contributed by atoms with Crippen LogP contribution in [0.4, 0.5) is 13.2 Å². The Morgan fingerprint density at radius 2 is 1.76 bits per heavy atom. The number of likely N-dealkylation sites (N-methyl/N-ethyl adjacent to an activating group) is 1. The molecule has 0 saturated carbocycles. The summed E-state index contributed by atoms with van der Waals surface area (Å²) in [6.07, 6.45) is -1.70. The third kappa shape index (κ3) is 4.86. The molecule has 1 aromatic heterocycles. The second kappa shape index (κ2) is 6.72. The van der Waals surface area contributed by atoms with E-state index in [-0.39, 0.29) is 0 Å². The van der Waals surface area contributed by atoms with Crippen molar-refractivity contribution in [3.05, 3.63) is 65.5 Å². The summed E-state index contributed by atoms with van der Waals surface area (Å²) in [4.78, 5) is 6.31. The van der Waals surface area contributed by atoms with Crippen LogP contribution >= 0.6 is 0 Å². The largest absolute Gasteiger partial charge is 0.416 e. The third-order valence-corrected chi connectivity index (χ3v) is 3.21. The average Bonchev–Trinajstić information content (AvgIpc) is 2.46. The lowest BCUT2D eigenvalue weighted by Crippen LogP contribution is -2.21. The number of benzene rings is 1. The number of nitrogens with zero attached hydrogens (tertiary/aromatic N) is 2. The monoisotopic (exact) mass is 294 g/mol. The molecule has 2 rings (SSSR count). The lowest BCUT2D eigenvalue weighted by Gasteiger charge is -2.17. The molecule has 2 aromatic rings. The van der Waals surface area contributed by atoms with Crippen LogP contribution in [-0.2, 0) is 19.1 Å². The first-order valence-corrected chi connectivity index (χ1v) is 6.70. The van der Waals surface area contributed by atoms with Crippen molar-refractivity contribution in [1.82, 2.24) is 9.88 Å². The summed E-state index contributed by atoms with van der Waals surface area (Å²) in [6.45, 7) is 1.42. The lowest BCUT2D eigenvalue weighted by atomic mass is 10.1. The van der Waals surface area contributed by atoms with Gasteiger partial charge in [-0.2, -0.15) is 13.2 Å². The molecule has 0 aliphatic heterocycles. The number of hydrogen-bond donors (Lipinski definition) is 0. The van der Waals surface area contributed by atoms with Crippen LogP contribution < -0.4 is 0 Å². The van der Waals surface area contributed by atoms with Gasteiger partial charge in [-0.05, 0) is 36.9 Å². The Balaban J connectivity index is 1.86. The number of hydrogen-bond acceptors (Lipinski definition) is 2. The van der Waals surface area contributed by atoms with Crippen LogP contribution in [0.2, 0.25) is 0 Å². The van der Waals surface area contributed by atoms with Crippen molar-refractivity contribution < 1.29 is 13.2 Å². The fourth-order valence-electron chi connectivity index (χ4n) is 2.04. The molecule has 0 saturated heterocycles. The minimum atomic E-state index is -4.27. The summed E-state index contributed by atoms with van der Waals surface area (Å²) in [6, 6.07) is 11.1. The van der Waals surface area contributed by atoms with Crippen LogP contribution in [0.5, 0.6) is 0 Å². The van der Waals surface area contributed by atoms with Crippen molar-refractivity contribution in [1.29, 1.82) is 0 Å². The van der Waals surface area contributed by atoms with Crippen LogP contribution in [0.15, 0.2) is 48.7 Å². The number of aromatic nitrogens is 1. The molecule has 0 radical (unpaired) electrons. The van der Waals surface area contributed by atoms with Gasteiger partial charge in [0.05, 0.1) is 5.56 Å². The van der Waals surface area contributed by atoms with E-state index in [0.717, 1.165) is 36.4 Å². The summed E-state index contributed by atoms with van der Waals surface area (Å²) in [5, 5.41) is 0. The molecule has 1 heterocycles. The van der Waals surface area contributed by atoms with Crippen molar-refractivity contribution in [2.45, 2.75) is 19.1 Å². The molecule has 0 amide bonds. The Morgan fingerprint density at radius 3 is 2.33 bits per heavy atom. The Bertz CT molecular complexity index is 550. The van der Waals surface area contributed by atoms with Crippen molar-refractivity contribution in [3.8, 4) is 0 Å². The van der Waals surface area contributed by atoms with Crippen molar-refractivity contribution in [2.24, 2.45) is 0 Å². The zero-order chi connectivity index (χ0) is 15.3. The van der Waals surface area contributed by atoms with E-state index in [1.165, 1.54) is 12.1 Å². The maximum absolute atomic E-state index is 12.5. The molecule has 2 nitrogen and oxygen atoms in total. The van der Waals surface area contributed by atoms with Gasteiger partial charge >= 0.3 is 6.18 Å². The van der Waals surface area contributed by atoms with Crippen LogP contribution in [0.1, 0.15) is 16.8 Å². The van der Waals surface area contributed by atoms with Crippen LogP contribution in [0.25, 0.3) is 0 Å². The fraction of sp³-hybridized carbons (Fsp3) is 0.312. The van der Waals surface area contributed by atoms with E-state index in [2.05, 4.69) is 9.88 Å². The Hall–Kier alpha value is -1.88. The summed E-state index contributed by atoms with van der Waals surface area (Å²) in [7, 11) is 1.95. The maximum Gasteiger partial charge on any atom is 0.416 e. The molecule has 0 fully saturated rings. The van der Waals surface area contributed by atoms with Crippen molar-refractivity contribution in [3.63, 3.8) is 0 Å². The molecule has 0 aliphatic rings. The zero-order valence-corrected chi connectivity index (χ0v) is 11.8. The molecule has 0 bridgehead atoms.